The van der Waals surface area contributed by atoms with Gasteiger partial charge in [0, 0.05) is 30.0 Å². The second-order valence-corrected chi connectivity index (χ2v) is 5.43. The Balaban J connectivity index is 1.83. The van der Waals surface area contributed by atoms with Gasteiger partial charge in [0.1, 0.15) is 6.04 Å². The number of carbonyl (C=O) groups is 2. The van der Waals surface area contributed by atoms with Crippen molar-refractivity contribution >= 4 is 23.2 Å². The van der Waals surface area contributed by atoms with E-state index in [1.54, 1.807) is 0 Å². The highest BCUT2D eigenvalue weighted by Crippen LogP contribution is 2.34. The number of nitrogens with zero attached hydrogens (tertiary/aromatic N) is 1. The normalized spacial score (nSPS) is 25.2. The lowest BCUT2D eigenvalue weighted by Gasteiger charge is -2.33. The summed E-state index contributed by atoms with van der Waals surface area (Å²) in [5.41, 5.74) is 13.8. The third-order valence-corrected chi connectivity index (χ3v) is 4.10. The number of hydrogen-bond donors (Lipinski definition) is 3. The van der Waals surface area contributed by atoms with Gasteiger partial charge in [0.2, 0.25) is 11.8 Å². The highest BCUT2D eigenvalue weighted by atomic mass is 16.2. The highest BCUT2D eigenvalue weighted by molar-refractivity contribution is 6.03. The second-order valence-electron chi connectivity index (χ2n) is 5.43. The lowest BCUT2D eigenvalue weighted by Crippen LogP contribution is -2.41. The van der Waals surface area contributed by atoms with Crippen molar-refractivity contribution in [3.05, 3.63) is 23.8 Å². The maximum absolute atomic E-state index is 11.5. The molecule has 2 aliphatic heterocycles. The lowest BCUT2D eigenvalue weighted by atomic mass is 9.96. The molecular formula is C14H18N4O2. The molecule has 0 spiro atoms. The van der Waals surface area contributed by atoms with Gasteiger partial charge < -0.3 is 21.7 Å². The van der Waals surface area contributed by atoms with Gasteiger partial charge in [-0.3, -0.25) is 9.59 Å². The fourth-order valence-electron chi connectivity index (χ4n) is 2.92. The van der Waals surface area contributed by atoms with Crippen molar-refractivity contribution in [2.45, 2.75) is 18.9 Å². The number of primary amides is 1. The summed E-state index contributed by atoms with van der Waals surface area (Å²) in [5, 5.41) is 2.78. The smallest absolute Gasteiger partial charge is 0.245 e. The molecule has 2 aliphatic rings. The van der Waals surface area contributed by atoms with Gasteiger partial charge in [-0.15, -0.1) is 0 Å². The number of nitrogens with one attached hydrogen (secondary N) is 1. The standard InChI is InChI=1S/C14H18N4O2/c15-12-10-4-3-9(6-11(10)17-14(12)20)18-5-1-2-8(7-18)13(16)19/h3-4,6,8,12H,1-2,5,7,15H2,(H2,16,19)(H,17,20). The number of piperidine rings is 1. The molecule has 6 nitrogen and oxygen atoms in total. The molecule has 0 radical (unpaired) electrons. The molecule has 3 rings (SSSR count). The average Bonchev–Trinajstić information content (AvgIpc) is 2.74. The first-order chi connectivity index (χ1) is 9.56. The Morgan fingerprint density at radius 3 is 2.95 bits per heavy atom. The largest absolute Gasteiger partial charge is 0.371 e. The summed E-state index contributed by atoms with van der Waals surface area (Å²) < 4.78 is 0. The molecule has 106 valence electrons. The third kappa shape index (κ3) is 2.12. The zero-order chi connectivity index (χ0) is 14.3. The number of anilines is 2. The third-order valence-electron chi connectivity index (χ3n) is 4.10. The van der Waals surface area contributed by atoms with Crippen LogP contribution < -0.4 is 21.7 Å². The second kappa shape index (κ2) is 4.79. The highest BCUT2D eigenvalue weighted by Gasteiger charge is 2.29. The van der Waals surface area contributed by atoms with E-state index in [9.17, 15) is 9.59 Å². The summed E-state index contributed by atoms with van der Waals surface area (Å²) in [6.07, 6.45) is 1.79. The first-order valence-corrected chi connectivity index (χ1v) is 6.81. The van der Waals surface area contributed by atoms with Crippen LogP contribution in [0.5, 0.6) is 0 Å². The van der Waals surface area contributed by atoms with E-state index in [2.05, 4.69) is 10.2 Å². The van der Waals surface area contributed by atoms with Gasteiger partial charge in [0.15, 0.2) is 0 Å². The van der Waals surface area contributed by atoms with Crippen LogP contribution in [0.15, 0.2) is 18.2 Å². The number of nitrogens with two attached hydrogens (primary N) is 2. The Kier molecular flexibility index (Phi) is 3.10. The molecule has 1 aromatic rings. The quantitative estimate of drug-likeness (QED) is 0.723. The summed E-state index contributed by atoms with van der Waals surface area (Å²) >= 11 is 0. The number of rotatable bonds is 2. The van der Waals surface area contributed by atoms with Crippen LogP contribution in [-0.4, -0.2) is 24.9 Å². The Morgan fingerprint density at radius 1 is 1.40 bits per heavy atom. The minimum atomic E-state index is -0.584. The predicted octanol–water partition coefficient (Wildman–Crippen LogP) is 0.340. The first kappa shape index (κ1) is 12.9. The van der Waals surface area contributed by atoms with Crippen molar-refractivity contribution in [2.75, 3.05) is 23.3 Å². The summed E-state index contributed by atoms with van der Waals surface area (Å²) in [4.78, 5) is 25.0. The van der Waals surface area contributed by atoms with E-state index in [1.807, 2.05) is 18.2 Å². The molecule has 2 atom stereocenters. The molecule has 2 heterocycles. The van der Waals surface area contributed by atoms with Gasteiger partial charge >= 0.3 is 0 Å². The fourth-order valence-corrected chi connectivity index (χ4v) is 2.92. The van der Waals surface area contributed by atoms with E-state index >= 15 is 0 Å². The molecule has 0 saturated carbocycles. The van der Waals surface area contributed by atoms with E-state index in [0.717, 1.165) is 36.3 Å². The lowest BCUT2D eigenvalue weighted by molar-refractivity contribution is -0.122. The van der Waals surface area contributed by atoms with Crippen LogP contribution in [0.25, 0.3) is 0 Å². The SMILES string of the molecule is NC(=O)C1CCCN(c2ccc3c(c2)NC(=O)C3N)C1. The molecule has 0 aromatic heterocycles. The Bertz CT molecular complexity index is 572. The van der Waals surface area contributed by atoms with Crippen molar-refractivity contribution in [2.24, 2.45) is 17.4 Å². The Morgan fingerprint density at radius 2 is 2.20 bits per heavy atom. The molecule has 1 saturated heterocycles. The van der Waals surface area contributed by atoms with Crippen LogP contribution in [0.4, 0.5) is 11.4 Å². The van der Waals surface area contributed by atoms with Gasteiger partial charge in [-0.05, 0) is 25.0 Å². The zero-order valence-electron chi connectivity index (χ0n) is 11.1. The van der Waals surface area contributed by atoms with Gasteiger partial charge in [-0.1, -0.05) is 6.07 Å². The minimum absolute atomic E-state index is 0.103. The Labute approximate surface area is 117 Å². The predicted molar refractivity (Wildman–Crippen MR) is 76.1 cm³/mol. The molecule has 2 unspecified atom stereocenters. The average molecular weight is 274 g/mol. The van der Waals surface area contributed by atoms with Gasteiger partial charge in [0.05, 0.1) is 5.92 Å². The molecule has 6 heteroatoms. The van der Waals surface area contributed by atoms with Gasteiger partial charge in [-0.25, -0.2) is 0 Å². The molecule has 0 bridgehead atoms. The maximum atomic E-state index is 11.5. The van der Waals surface area contributed by atoms with E-state index in [0.29, 0.717) is 6.54 Å². The zero-order valence-corrected chi connectivity index (χ0v) is 11.1. The molecule has 1 fully saturated rings. The van der Waals surface area contributed by atoms with Crippen LogP contribution in [0.2, 0.25) is 0 Å². The first-order valence-electron chi connectivity index (χ1n) is 6.81. The minimum Gasteiger partial charge on any atom is -0.371 e. The number of benzene rings is 1. The van der Waals surface area contributed by atoms with Gasteiger partial charge in [0.25, 0.3) is 0 Å². The van der Waals surface area contributed by atoms with Crippen molar-refractivity contribution in [3.8, 4) is 0 Å². The van der Waals surface area contributed by atoms with E-state index in [1.165, 1.54) is 0 Å². The van der Waals surface area contributed by atoms with Crippen molar-refractivity contribution < 1.29 is 9.59 Å². The maximum Gasteiger partial charge on any atom is 0.245 e. The molecule has 0 aliphatic carbocycles. The number of hydrogen-bond acceptors (Lipinski definition) is 4. The molecule has 5 N–H and O–H groups in total. The number of carbonyl (C=O) groups excluding carboxylic acids is 2. The van der Waals surface area contributed by atoms with Gasteiger partial charge in [-0.2, -0.15) is 0 Å². The summed E-state index contributed by atoms with van der Waals surface area (Å²) in [7, 11) is 0. The molecule has 20 heavy (non-hydrogen) atoms. The summed E-state index contributed by atoms with van der Waals surface area (Å²) in [5.74, 6) is -0.522. The summed E-state index contributed by atoms with van der Waals surface area (Å²) in [6, 6.07) is 5.16. The monoisotopic (exact) mass is 274 g/mol. The van der Waals surface area contributed by atoms with Crippen LogP contribution in [0.1, 0.15) is 24.4 Å². The van der Waals surface area contributed by atoms with Crippen molar-refractivity contribution in [3.63, 3.8) is 0 Å². The topological polar surface area (TPSA) is 101 Å². The fraction of sp³-hybridized carbons (Fsp3) is 0.429. The van der Waals surface area contributed by atoms with E-state index < -0.39 is 6.04 Å². The van der Waals surface area contributed by atoms with Crippen LogP contribution >= 0.6 is 0 Å². The number of fused-ring (bicyclic) bond motifs is 1. The van der Waals surface area contributed by atoms with E-state index in [4.69, 9.17) is 11.5 Å². The number of amides is 2. The van der Waals surface area contributed by atoms with Crippen molar-refractivity contribution in [1.82, 2.24) is 0 Å². The van der Waals surface area contributed by atoms with Crippen LogP contribution in [0, 0.1) is 5.92 Å². The molecular weight excluding hydrogens is 256 g/mol. The Hall–Kier alpha value is -2.08. The van der Waals surface area contributed by atoms with E-state index in [-0.39, 0.29) is 17.7 Å². The van der Waals surface area contributed by atoms with Crippen molar-refractivity contribution in [1.29, 1.82) is 0 Å². The molecule has 1 aromatic carbocycles. The molecule has 2 amide bonds. The van der Waals surface area contributed by atoms with Crippen LogP contribution in [0.3, 0.4) is 0 Å². The van der Waals surface area contributed by atoms with Crippen LogP contribution in [-0.2, 0) is 9.59 Å². The summed E-state index contributed by atoms with van der Waals surface area (Å²) in [6.45, 7) is 1.52.